The monoisotopic (exact) mass is 231 g/mol. The number of aliphatic hydroxyl groups excluding tert-OH is 1. The normalized spacial score (nSPS) is 9.25. The Balaban J connectivity index is 0. The molecule has 3 nitrogen and oxygen atoms in total. The lowest BCUT2D eigenvalue weighted by Crippen LogP contribution is -2.23. The van der Waals surface area contributed by atoms with Crippen LogP contribution in [0, 0.1) is 0 Å². The van der Waals surface area contributed by atoms with Gasteiger partial charge in [-0.2, -0.15) is 0 Å². The van der Waals surface area contributed by atoms with Crippen molar-refractivity contribution in [2.24, 2.45) is 0 Å². The molecule has 0 saturated heterocycles. The minimum atomic E-state index is 0.144. The number of hydrogen-bond acceptors (Lipinski definition) is 2. The molecule has 0 aliphatic carbocycles. The van der Waals surface area contributed by atoms with Crippen LogP contribution in [0.5, 0.6) is 0 Å². The molecule has 0 saturated carbocycles. The molecule has 0 aromatic rings. The number of hydrogen-bond donors (Lipinski definition) is 2. The summed E-state index contributed by atoms with van der Waals surface area (Å²) in [6.07, 6.45) is 7.28. The fourth-order valence-electron chi connectivity index (χ4n) is 1.30. The number of nitrogens with one attached hydrogen (secondary N) is 1. The van der Waals surface area contributed by atoms with Gasteiger partial charge in [-0.05, 0) is 12.8 Å². The smallest absolute Gasteiger partial charge is 0.219 e. The van der Waals surface area contributed by atoms with Gasteiger partial charge >= 0.3 is 0 Å². The molecule has 0 aliphatic heterocycles. The van der Waals surface area contributed by atoms with E-state index in [1.807, 2.05) is 20.8 Å². The summed E-state index contributed by atoms with van der Waals surface area (Å²) >= 11 is 0. The fraction of sp³-hybridized carbons (Fsp3) is 0.923. The fourth-order valence-corrected chi connectivity index (χ4v) is 1.30. The quantitative estimate of drug-likeness (QED) is 0.599. The van der Waals surface area contributed by atoms with Gasteiger partial charge in [0, 0.05) is 19.6 Å². The second-order valence-electron chi connectivity index (χ2n) is 3.55. The molecule has 0 spiro atoms. The molecule has 0 aliphatic rings. The van der Waals surface area contributed by atoms with E-state index >= 15 is 0 Å². The molecule has 0 rings (SSSR count). The first-order chi connectivity index (χ1) is 7.81. The summed E-state index contributed by atoms with van der Waals surface area (Å²) in [5.74, 6) is 0.144. The van der Waals surface area contributed by atoms with Crippen LogP contribution in [0.25, 0.3) is 0 Å². The van der Waals surface area contributed by atoms with Crippen LogP contribution in [0.3, 0.4) is 0 Å². The molecule has 2 N–H and O–H groups in total. The van der Waals surface area contributed by atoms with E-state index in [0.29, 0.717) is 13.0 Å². The van der Waals surface area contributed by atoms with Crippen LogP contribution in [-0.4, -0.2) is 24.2 Å². The Kier molecular flexibility index (Phi) is 18.8. The van der Waals surface area contributed by atoms with Crippen molar-refractivity contribution < 1.29 is 9.90 Å². The molecule has 0 radical (unpaired) electrons. The molecule has 1 amide bonds. The van der Waals surface area contributed by atoms with Crippen molar-refractivity contribution in [1.29, 1.82) is 0 Å². The Morgan fingerprint density at radius 2 is 1.50 bits per heavy atom. The zero-order valence-corrected chi connectivity index (χ0v) is 11.2. The van der Waals surface area contributed by atoms with Crippen molar-refractivity contribution >= 4 is 5.91 Å². The van der Waals surface area contributed by atoms with Gasteiger partial charge in [0.15, 0.2) is 0 Å². The first-order valence-corrected chi connectivity index (χ1v) is 6.68. The third kappa shape index (κ3) is 15.9. The van der Waals surface area contributed by atoms with E-state index in [2.05, 4.69) is 5.32 Å². The number of unbranched alkanes of at least 4 members (excludes halogenated alkanes) is 5. The molecular weight excluding hydrogens is 202 g/mol. The summed E-state index contributed by atoms with van der Waals surface area (Å²) in [6, 6.07) is 0. The topological polar surface area (TPSA) is 49.3 Å². The highest BCUT2D eigenvalue weighted by molar-refractivity contribution is 5.75. The van der Waals surface area contributed by atoms with E-state index in [9.17, 15) is 4.79 Å². The summed E-state index contributed by atoms with van der Waals surface area (Å²) in [5, 5.41) is 11.4. The molecule has 0 aromatic heterocycles. The average molecular weight is 231 g/mol. The molecule has 98 valence electrons. The third-order valence-corrected chi connectivity index (χ3v) is 2.23. The van der Waals surface area contributed by atoms with Gasteiger partial charge in [0.2, 0.25) is 5.91 Å². The van der Waals surface area contributed by atoms with Gasteiger partial charge in [-0.1, -0.05) is 46.5 Å². The van der Waals surface area contributed by atoms with Gasteiger partial charge in [0.1, 0.15) is 0 Å². The summed E-state index contributed by atoms with van der Waals surface area (Å²) < 4.78 is 0. The molecule has 16 heavy (non-hydrogen) atoms. The Morgan fingerprint density at radius 1 is 1.00 bits per heavy atom. The van der Waals surface area contributed by atoms with Crippen LogP contribution in [0.2, 0.25) is 0 Å². The molecule has 0 heterocycles. The van der Waals surface area contributed by atoms with Crippen LogP contribution >= 0.6 is 0 Å². The first-order valence-electron chi connectivity index (χ1n) is 6.68. The van der Waals surface area contributed by atoms with Crippen LogP contribution in [0.1, 0.15) is 65.7 Å². The van der Waals surface area contributed by atoms with Crippen molar-refractivity contribution in [3.63, 3.8) is 0 Å². The van der Waals surface area contributed by atoms with Gasteiger partial charge in [0.25, 0.3) is 0 Å². The van der Waals surface area contributed by atoms with Crippen molar-refractivity contribution in [3.05, 3.63) is 0 Å². The number of amides is 1. The lowest BCUT2D eigenvalue weighted by atomic mass is 10.1. The van der Waals surface area contributed by atoms with Crippen molar-refractivity contribution in [1.82, 2.24) is 5.32 Å². The van der Waals surface area contributed by atoms with Crippen molar-refractivity contribution in [2.45, 2.75) is 65.7 Å². The van der Waals surface area contributed by atoms with E-state index in [0.717, 1.165) is 25.8 Å². The van der Waals surface area contributed by atoms with E-state index < -0.39 is 0 Å². The van der Waals surface area contributed by atoms with Crippen LogP contribution in [0.4, 0.5) is 0 Å². The zero-order valence-electron chi connectivity index (χ0n) is 11.2. The van der Waals surface area contributed by atoms with Gasteiger partial charge < -0.3 is 10.4 Å². The number of carbonyl (C=O) groups is 1. The molecule has 0 atom stereocenters. The SMILES string of the molecule is CC.CCC(=O)NCCCCCCCCO. The maximum Gasteiger partial charge on any atom is 0.219 e. The van der Waals surface area contributed by atoms with Gasteiger partial charge in [-0.15, -0.1) is 0 Å². The van der Waals surface area contributed by atoms with E-state index in [1.165, 1.54) is 19.3 Å². The molecule has 0 fully saturated rings. The molecule has 0 bridgehead atoms. The molecule has 0 aromatic carbocycles. The third-order valence-electron chi connectivity index (χ3n) is 2.23. The lowest BCUT2D eigenvalue weighted by molar-refractivity contribution is -0.120. The van der Waals surface area contributed by atoms with Crippen LogP contribution < -0.4 is 5.32 Å². The minimum absolute atomic E-state index is 0.144. The Labute approximate surface area is 101 Å². The van der Waals surface area contributed by atoms with E-state index in [-0.39, 0.29) is 5.91 Å². The van der Waals surface area contributed by atoms with Crippen LogP contribution in [0.15, 0.2) is 0 Å². The maximum atomic E-state index is 10.8. The standard InChI is InChI=1S/C11H23NO2.C2H6/c1-2-11(14)12-9-7-5-3-4-6-8-10-13;1-2/h13H,2-10H2,1H3,(H,12,14);1-2H3. The van der Waals surface area contributed by atoms with E-state index in [4.69, 9.17) is 5.11 Å². The lowest BCUT2D eigenvalue weighted by Gasteiger charge is -2.03. The van der Waals surface area contributed by atoms with Crippen molar-refractivity contribution in [3.8, 4) is 0 Å². The number of aliphatic hydroxyl groups is 1. The largest absolute Gasteiger partial charge is 0.396 e. The number of carbonyl (C=O) groups excluding carboxylic acids is 1. The molecule has 0 unspecified atom stereocenters. The highest BCUT2D eigenvalue weighted by Crippen LogP contribution is 2.04. The molecular formula is C13H29NO2. The Bertz CT molecular complexity index is 138. The summed E-state index contributed by atoms with van der Waals surface area (Å²) in [7, 11) is 0. The maximum absolute atomic E-state index is 10.8. The Morgan fingerprint density at radius 3 is 2.00 bits per heavy atom. The highest BCUT2D eigenvalue weighted by atomic mass is 16.2. The van der Waals surface area contributed by atoms with Gasteiger partial charge in [0.05, 0.1) is 0 Å². The van der Waals surface area contributed by atoms with Gasteiger partial charge in [-0.25, -0.2) is 0 Å². The predicted molar refractivity (Wildman–Crippen MR) is 69.4 cm³/mol. The summed E-state index contributed by atoms with van der Waals surface area (Å²) in [6.45, 7) is 6.99. The van der Waals surface area contributed by atoms with Crippen molar-refractivity contribution in [2.75, 3.05) is 13.2 Å². The molecule has 3 heteroatoms. The van der Waals surface area contributed by atoms with Crippen LogP contribution in [-0.2, 0) is 4.79 Å². The second-order valence-corrected chi connectivity index (χ2v) is 3.55. The Hall–Kier alpha value is -0.570. The zero-order chi connectivity index (χ0) is 12.6. The average Bonchev–Trinajstić information content (AvgIpc) is 2.34. The minimum Gasteiger partial charge on any atom is -0.396 e. The van der Waals surface area contributed by atoms with Gasteiger partial charge in [-0.3, -0.25) is 4.79 Å². The summed E-state index contributed by atoms with van der Waals surface area (Å²) in [4.78, 5) is 10.8. The number of rotatable bonds is 9. The second kappa shape index (κ2) is 16.8. The summed E-state index contributed by atoms with van der Waals surface area (Å²) in [5.41, 5.74) is 0. The highest BCUT2D eigenvalue weighted by Gasteiger charge is 1.95. The predicted octanol–water partition coefficient (Wildman–Crippen LogP) is 2.87. The first kappa shape index (κ1) is 17.8. The van der Waals surface area contributed by atoms with E-state index in [1.54, 1.807) is 0 Å².